The molecule has 2 aliphatic heterocycles. The van der Waals surface area contributed by atoms with Gasteiger partial charge in [-0.25, -0.2) is 4.99 Å². The van der Waals surface area contributed by atoms with Gasteiger partial charge in [-0.15, -0.1) is 0 Å². The van der Waals surface area contributed by atoms with Crippen LogP contribution in [-0.2, 0) is 0 Å². The van der Waals surface area contributed by atoms with Crippen molar-refractivity contribution in [3.8, 4) is 11.1 Å². The van der Waals surface area contributed by atoms with Gasteiger partial charge >= 0.3 is 0 Å². The van der Waals surface area contributed by atoms with Crippen LogP contribution in [0, 0.1) is 0 Å². The fourth-order valence-electron chi connectivity index (χ4n) is 2.32. The fraction of sp³-hybridized carbons (Fsp3) is 0.125. The van der Waals surface area contributed by atoms with E-state index in [9.17, 15) is 0 Å². The minimum Gasteiger partial charge on any atom is -0.263 e. The van der Waals surface area contributed by atoms with Crippen LogP contribution in [0.4, 0.5) is 5.69 Å². The molecule has 0 radical (unpaired) electrons. The standard InChI is InChI=1S/C14H8N2.C2H6/c1-2-4-13-10(3-1)11-6-5-9-7-15-8-12(9)14(11)16-13;1-2/h1-8H;1-2H3. The molecule has 0 amide bonds. The van der Waals surface area contributed by atoms with Gasteiger partial charge in [0, 0.05) is 34.3 Å². The van der Waals surface area contributed by atoms with Crippen LogP contribution in [0.3, 0.4) is 0 Å². The molecule has 2 nitrogen and oxygen atoms in total. The second-order valence-electron chi connectivity index (χ2n) is 4.00. The van der Waals surface area contributed by atoms with Gasteiger partial charge in [-0.1, -0.05) is 44.2 Å². The number of nitrogens with zero attached hydrogens (tertiary/aromatic N) is 2. The van der Waals surface area contributed by atoms with Gasteiger partial charge in [0.1, 0.15) is 0 Å². The van der Waals surface area contributed by atoms with Crippen LogP contribution in [0.15, 0.2) is 46.4 Å². The Morgan fingerprint density at radius 1 is 0.889 bits per heavy atom. The maximum absolute atomic E-state index is 4.68. The first kappa shape index (κ1) is 10.9. The molecule has 18 heavy (non-hydrogen) atoms. The lowest BCUT2D eigenvalue weighted by Crippen LogP contribution is -2.26. The summed E-state index contributed by atoms with van der Waals surface area (Å²) in [6.45, 7) is 4.00. The van der Waals surface area contributed by atoms with E-state index in [2.05, 4.69) is 40.3 Å². The van der Waals surface area contributed by atoms with Crippen LogP contribution in [0.25, 0.3) is 17.3 Å². The molecule has 0 fully saturated rings. The summed E-state index contributed by atoms with van der Waals surface area (Å²) in [5.41, 5.74) is 4.67. The van der Waals surface area contributed by atoms with Crippen LogP contribution in [0.5, 0.6) is 0 Å². The van der Waals surface area contributed by atoms with Crippen molar-refractivity contribution in [2.75, 3.05) is 0 Å². The van der Waals surface area contributed by atoms with Gasteiger partial charge in [0.15, 0.2) is 0 Å². The van der Waals surface area contributed by atoms with Gasteiger partial charge in [0.2, 0.25) is 0 Å². The van der Waals surface area contributed by atoms with E-state index in [0.717, 1.165) is 21.8 Å². The number of benzene rings is 2. The topological polar surface area (TPSA) is 24.7 Å². The molecular formula is C16H14N2. The Morgan fingerprint density at radius 3 is 2.61 bits per heavy atom. The Morgan fingerprint density at radius 2 is 1.72 bits per heavy atom. The second-order valence-corrected chi connectivity index (χ2v) is 4.00. The zero-order chi connectivity index (χ0) is 12.5. The molecule has 0 saturated carbocycles. The van der Waals surface area contributed by atoms with Crippen molar-refractivity contribution in [3.05, 3.63) is 52.5 Å². The van der Waals surface area contributed by atoms with E-state index in [1.54, 1.807) is 0 Å². The summed E-state index contributed by atoms with van der Waals surface area (Å²) < 4.78 is 0. The summed E-state index contributed by atoms with van der Waals surface area (Å²) >= 11 is 0. The molecule has 88 valence electrons. The Bertz CT molecular complexity index is 755. The van der Waals surface area contributed by atoms with Crippen LogP contribution in [-0.4, -0.2) is 6.21 Å². The molecule has 0 aromatic heterocycles. The number of rotatable bonds is 0. The second kappa shape index (κ2) is 4.22. The van der Waals surface area contributed by atoms with Gasteiger partial charge in [0.25, 0.3) is 0 Å². The molecular weight excluding hydrogens is 220 g/mol. The quantitative estimate of drug-likeness (QED) is 0.571. The smallest absolute Gasteiger partial charge is 0.0810 e. The zero-order valence-electron chi connectivity index (χ0n) is 10.5. The Hall–Kier alpha value is -2.22. The van der Waals surface area contributed by atoms with E-state index in [-0.39, 0.29) is 0 Å². The molecule has 2 aromatic rings. The lowest BCUT2D eigenvalue weighted by molar-refractivity contribution is 1.37. The largest absolute Gasteiger partial charge is 0.263 e. The molecule has 0 spiro atoms. The summed E-state index contributed by atoms with van der Waals surface area (Å²) in [4.78, 5) is 8.86. The molecule has 2 aromatic carbocycles. The van der Waals surface area contributed by atoms with Crippen molar-refractivity contribution in [1.29, 1.82) is 0 Å². The van der Waals surface area contributed by atoms with Gasteiger partial charge in [-0.2, -0.15) is 0 Å². The van der Waals surface area contributed by atoms with Crippen LogP contribution < -0.4 is 10.6 Å². The van der Waals surface area contributed by atoms with E-state index < -0.39 is 0 Å². The van der Waals surface area contributed by atoms with Gasteiger partial charge in [-0.05, 0) is 6.07 Å². The summed E-state index contributed by atoms with van der Waals surface area (Å²) in [6.07, 6.45) is 3.78. The lowest BCUT2D eigenvalue weighted by Gasteiger charge is -1.98. The molecule has 2 heterocycles. The Labute approximate surface area is 106 Å². The summed E-state index contributed by atoms with van der Waals surface area (Å²) in [5.74, 6) is 0. The van der Waals surface area contributed by atoms with Crippen molar-refractivity contribution >= 4 is 18.1 Å². The minimum absolute atomic E-state index is 1.06. The molecule has 0 saturated heterocycles. The number of para-hydroxylation sites is 1. The molecule has 0 bridgehead atoms. The van der Waals surface area contributed by atoms with E-state index >= 15 is 0 Å². The van der Waals surface area contributed by atoms with E-state index in [4.69, 9.17) is 0 Å². The Kier molecular flexibility index (Phi) is 2.56. The molecule has 0 aliphatic carbocycles. The fourth-order valence-corrected chi connectivity index (χ4v) is 2.32. The highest BCUT2D eigenvalue weighted by atomic mass is 14.8. The van der Waals surface area contributed by atoms with E-state index in [1.807, 2.05) is 32.3 Å². The summed E-state index contributed by atoms with van der Waals surface area (Å²) in [7, 11) is 0. The SMILES string of the molecule is C1=NC=c2c1ccc1c2=Nc2ccccc2-1.CC. The summed E-state index contributed by atoms with van der Waals surface area (Å²) in [6, 6.07) is 12.5. The van der Waals surface area contributed by atoms with E-state index in [0.29, 0.717) is 0 Å². The van der Waals surface area contributed by atoms with Crippen molar-refractivity contribution in [3.63, 3.8) is 0 Å². The third-order valence-electron chi connectivity index (χ3n) is 3.09. The van der Waals surface area contributed by atoms with Crippen molar-refractivity contribution in [1.82, 2.24) is 0 Å². The van der Waals surface area contributed by atoms with Crippen molar-refractivity contribution < 1.29 is 0 Å². The predicted octanol–water partition coefficient (Wildman–Crippen LogP) is 2.82. The maximum atomic E-state index is 4.68. The zero-order valence-corrected chi connectivity index (χ0v) is 10.5. The van der Waals surface area contributed by atoms with Crippen LogP contribution in [0.2, 0.25) is 0 Å². The first-order valence-electron chi connectivity index (χ1n) is 6.28. The van der Waals surface area contributed by atoms with Crippen molar-refractivity contribution in [2.24, 2.45) is 9.98 Å². The number of fused-ring (bicyclic) bond motifs is 5. The molecule has 4 rings (SSSR count). The predicted molar refractivity (Wildman–Crippen MR) is 75.7 cm³/mol. The van der Waals surface area contributed by atoms with Crippen LogP contribution in [0.1, 0.15) is 19.4 Å². The van der Waals surface area contributed by atoms with Gasteiger partial charge < -0.3 is 0 Å². The molecule has 2 heteroatoms. The number of aliphatic imine (C=N–C) groups is 1. The highest BCUT2D eigenvalue weighted by Gasteiger charge is 2.15. The molecule has 0 atom stereocenters. The lowest BCUT2D eigenvalue weighted by atomic mass is 10.0. The first-order valence-corrected chi connectivity index (χ1v) is 6.28. The number of hydrogen-bond donors (Lipinski definition) is 0. The summed E-state index contributed by atoms with van der Waals surface area (Å²) in [5, 5.41) is 2.21. The normalized spacial score (nSPS) is 12.6. The first-order chi connectivity index (χ1) is 8.93. The molecule has 0 N–H and O–H groups in total. The van der Waals surface area contributed by atoms with Crippen molar-refractivity contribution in [2.45, 2.75) is 13.8 Å². The highest BCUT2D eigenvalue weighted by Crippen LogP contribution is 2.31. The minimum atomic E-state index is 1.06. The van der Waals surface area contributed by atoms with E-state index in [1.165, 1.54) is 11.1 Å². The van der Waals surface area contributed by atoms with Crippen LogP contribution >= 0.6 is 0 Å². The average molecular weight is 234 g/mol. The molecule has 2 aliphatic rings. The Balaban J connectivity index is 0.000000478. The third kappa shape index (κ3) is 1.42. The molecule has 0 unspecified atom stereocenters. The third-order valence-corrected chi connectivity index (χ3v) is 3.09. The highest BCUT2D eigenvalue weighted by molar-refractivity contribution is 5.88. The van der Waals surface area contributed by atoms with Gasteiger partial charge in [0.05, 0.1) is 11.0 Å². The average Bonchev–Trinajstić information content (AvgIpc) is 3.04. The monoisotopic (exact) mass is 234 g/mol. The maximum Gasteiger partial charge on any atom is 0.0810 e. The number of hydrogen-bond acceptors (Lipinski definition) is 2. The van der Waals surface area contributed by atoms with Gasteiger partial charge in [-0.3, -0.25) is 4.99 Å².